The number of allylic oxidation sites excluding steroid dienone is 7. The summed E-state index contributed by atoms with van der Waals surface area (Å²) in [7, 11) is 0. The van der Waals surface area contributed by atoms with Crippen LogP contribution in [0.2, 0.25) is 0 Å². The second-order valence-corrected chi connectivity index (χ2v) is 12.2. The molecule has 0 amide bonds. The predicted molar refractivity (Wildman–Crippen MR) is 174 cm³/mol. The zero-order chi connectivity index (χ0) is 41.8. The van der Waals surface area contributed by atoms with Crippen molar-refractivity contribution < 1.29 is 70.7 Å². The van der Waals surface area contributed by atoms with Crippen LogP contribution in [0.5, 0.6) is 0 Å². The van der Waals surface area contributed by atoms with Crippen LogP contribution in [0.25, 0.3) is 22.4 Å². The molecule has 1 N–H and O–H groups in total. The number of carbonyl (C=O) groups excluding carboxylic acids is 1. The summed E-state index contributed by atoms with van der Waals surface area (Å²) in [5.41, 5.74) is -13.6. The molecule has 4 aliphatic rings. The second kappa shape index (κ2) is 13.3. The average molecular weight is 822 g/mol. The number of aldehydes is 1. The molecule has 0 radical (unpaired) electrons. The molecule has 8 rings (SSSR count). The molecule has 0 saturated carbocycles. The number of aliphatic imine (C=N–C) groups is 3. The first-order chi connectivity index (χ1) is 27.5. The van der Waals surface area contributed by atoms with Gasteiger partial charge >= 0.3 is 0 Å². The van der Waals surface area contributed by atoms with E-state index < -0.39 is 160 Å². The highest BCUT2D eigenvalue weighted by atomic mass is 19.2. The zero-order valence-corrected chi connectivity index (χ0v) is 27.5. The molecule has 5 heterocycles. The number of fused-ring (bicyclic) bond motifs is 5. The average Bonchev–Trinajstić information content (AvgIpc) is 4.05. The summed E-state index contributed by atoms with van der Waals surface area (Å²) in [5.74, 6) is -37.6. The molecule has 0 aliphatic carbocycles. The third-order valence-corrected chi connectivity index (χ3v) is 9.08. The minimum absolute atomic E-state index is 0.0195. The SMILES string of the molecule is O=Cc1cc2[nH]c1=C(c1c(F)c(F)c(F)c(F)c1F)C1=NC(=C(c3c(F)c(F)c(F)c(F)c3F)C3=NC(=C(c4c(F)c(F)c(F)c(F)c4F)C4=NC=2C=C4)C=C3)C=C1. The van der Waals surface area contributed by atoms with E-state index in [1.165, 1.54) is 0 Å². The Bertz CT molecular complexity index is 2980. The Morgan fingerprint density at radius 1 is 0.379 bits per heavy atom. The van der Waals surface area contributed by atoms with Crippen molar-refractivity contribution in [2.24, 2.45) is 15.0 Å². The number of aromatic amines is 1. The van der Waals surface area contributed by atoms with Crippen molar-refractivity contribution in [2.45, 2.75) is 0 Å². The number of hydrogen-bond donors (Lipinski definition) is 1. The number of aromatic nitrogens is 1. The van der Waals surface area contributed by atoms with E-state index in [0.717, 1.165) is 36.4 Å². The van der Waals surface area contributed by atoms with Gasteiger partial charge in [0.2, 0.25) is 17.5 Å². The van der Waals surface area contributed by atoms with Crippen LogP contribution in [0.3, 0.4) is 0 Å². The van der Waals surface area contributed by atoms with Gasteiger partial charge in [0.1, 0.15) is 0 Å². The fraction of sp³-hybridized carbons (Fsp3) is 0. The van der Waals surface area contributed by atoms with Crippen LogP contribution in [0.1, 0.15) is 27.0 Å². The number of nitrogens with one attached hydrogen (secondary N) is 1. The van der Waals surface area contributed by atoms with E-state index >= 15 is 26.3 Å². The third-order valence-electron chi connectivity index (χ3n) is 9.08. The molecule has 1 aromatic heterocycles. The van der Waals surface area contributed by atoms with E-state index in [-0.39, 0.29) is 17.3 Å². The van der Waals surface area contributed by atoms with Crippen LogP contribution in [0, 0.1) is 87.3 Å². The summed E-state index contributed by atoms with van der Waals surface area (Å²) in [4.78, 5) is 27.0. The lowest BCUT2D eigenvalue weighted by molar-refractivity contribution is 0.112. The Balaban J connectivity index is 1.61. The standard InChI is InChI=1S/C38H9F15N4O/c39-23-20(24(40)30(46)35(51)29(23)45)17-11-2-1-10(54-11)16-7-9(8-58)38(57-16)19(22-27(43)33(49)37(53)34(50)28(22)44)15-6-5-14(56-15)18(13-4-3-12(17)55-13)21-25(41)31(47)36(52)32(48)26(21)42/h1-8,57H. The quantitative estimate of drug-likeness (QED) is 0.0963. The van der Waals surface area contributed by atoms with Gasteiger partial charge in [0.05, 0.1) is 61.6 Å². The van der Waals surface area contributed by atoms with Crippen molar-refractivity contribution in [1.82, 2.24) is 4.98 Å². The Labute approximate surface area is 310 Å². The van der Waals surface area contributed by atoms with Gasteiger partial charge in [-0.1, -0.05) is 0 Å². The Morgan fingerprint density at radius 3 is 1.03 bits per heavy atom. The minimum Gasteiger partial charge on any atom is -0.353 e. The molecule has 0 spiro atoms. The fourth-order valence-electron chi connectivity index (χ4n) is 6.47. The van der Waals surface area contributed by atoms with Crippen LogP contribution in [0.4, 0.5) is 65.9 Å². The van der Waals surface area contributed by atoms with Crippen LogP contribution >= 0.6 is 0 Å². The molecule has 0 unspecified atom stereocenters. The molecule has 0 saturated heterocycles. The molecular weight excluding hydrogens is 813 g/mol. The summed E-state index contributed by atoms with van der Waals surface area (Å²) < 4.78 is 224. The molecule has 5 nitrogen and oxygen atoms in total. The molecular formula is C38H9F15N4O. The van der Waals surface area contributed by atoms with Gasteiger partial charge in [-0.15, -0.1) is 0 Å². The van der Waals surface area contributed by atoms with Crippen LogP contribution < -0.4 is 10.7 Å². The first-order valence-electron chi connectivity index (χ1n) is 15.8. The Hall–Kier alpha value is -6.99. The molecule has 4 aromatic rings. The van der Waals surface area contributed by atoms with Gasteiger partial charge in [-0.05, 0) is 42.5 Å². The van der Waals surface area contributed by atoms with Gasteiger partial charge in [0.25, 0.3) is 0 Å². The summed E-state index contributed by atoms with van der Waals surface area (Å²) >= 11 is 0. The summed E-state index contributed by atoms with van der Waals surface area (Å²) in [5, 5.41) is -1.11. The summed E-state index contributed by atoms with van der Waals surface area (Å²) in [6.45, 7) is 0. The molecule has 4 aliphatic heterocycles. The molecule has 3 aromatic carbocycles. The predicted octanol–water partition coefficient (Wildman–Crippen LogP) is 8.09. The highest BCUT2D eigenvalue weighted by molar-refractivity contribution is 6.37. The van der Waals surface area contributed by atoms with Gasteiger partial charge < -0.3 is 4.98 Å². The smallest absolute Gasteiger partial charge is 0.200 e. The third kappa shape index (κ3) is 5.30. The summed E-state index contributed by atoms with van der Waals surface area (Å²) in [6, 6.07) is 0.902. The highest BCUT2D eigenvalue weighted by Crippen LogP contribution is 2.40. The van der Waals surface area contributed by atoms with E-state index in [0.29, 0.717) is 6.08 Å². The molecule has 20 heteroatoms. The topological polar surface area (TPSA) is 69.9 Å². The van der Waals surface area contributed by atoms with Crippen molar-refractivity contribution in [1.29, 1.82) is 0 Å². The molecule has 58 heavy (non-hydrogen) atoms. The number of carbonyl (C=O) groups is 1. The van der Waals surface area contributed by atoms with Crippen molar-refractivity contribution in [3.8, 4) is 0 Å². The van der Waals surface area contributed by atoms with Crippen LogP contribution in [-0.2, 0) is 0 Å². The van der Waals surface area contributed by atoms with Crippen molar-refractivity contribution >= 4 is 45.8 Å². The van der Waals surface area contributed by atoms with Crippen molar-refractivity contribution in [3.63, 3.8) is 0 Å². The maximum Gasteiger partial charge on any atom is 0.200 e. The van der Waals surface area contributed by atoms with E-state index in [1.54, 1.807) is 0 Å². The highest BCUT2D eigenvalue weighted by Gasteiger charge is 2.37. The number of benzene rings is 3. The molecule has 0 fully saturated rings. The van der Waals surface area contributed by atoms with Crippen molar-refractivity contribution in [3.05, 3.63) is 174 Å². The number of halogens is 15. The van der Waals surface area contributed by atoms with Gasteiger partial charge in [-0.3, -0.25) is 4.79 Å². The minimum atomic E-state index is -2.64. The normalized spacial score (nSPS) is 15.8. The summed E-state index contributed by atoms with van der Waals surface area (Å²) in [6.07, 6.45) is 4.88. The second-order valence-electron chi connectivity index (χ2n) is 12.2. The van der Waals surface area contributed by atoms with E-state index in [9.17, 15) is 44.3 Å². The van der Waals surface area contributed by atoms with Crippen LogP contribution in [-0.4, -0.2) is 28.4 Å². The van der Waals surface area contributed by atoms with E-state index in [2.05, 4.69) is 20.0 Å². The van der Waals surface area contributed by atoms with E-state index in [1.807, 2.05) is 0 Å². The lowest BCUT2D eigenvalue weighted by Gasteiger charge is -2.14. The van der Waals surface area contributed by atoms with Crippen molar-refractivity contribution in [2.75, 3.05) is 0 Å². The van der Waals surface area contributed by atoms with E-state index in [4.69, 9.17) is 0 Å². The monoisotopic (exact) mass is 822 g/mol. The van der Waals surface area contributed by atoms with Gasteiger partial charge in [0.15, 0.2) is 76.1 Å². The zero-order valence-electron chi connectivity index (χ0n) is 27.5. The molecule has 0 atom stereocenters. The lowest BCUT2D eigenvalue weighted by atomic mass is 9.96. The lowest BCUT2D eigenvalue weighted by Crippen LogP contribution is -2.23. The van der Waals surface area contributed by atoms with Gasteiger partial charge in [0, 0.05) is 22.3 Å². The number of nitrogens with zero attached hydrogens (tertiary/aromatic N) is 3. The first kappa shape index (κ1) is 37.9. The maximum absolute atomic E-state index is 15.6. The number of hydrogen-bond acceptors (Lipinski definition) is 4. The maximum atomic E-state index is 15.6. The molecule has 8 bridgehead atoms. The Kier molecular flexibility index (Phi) is 8.70. The molecule has 292 valence electrons. The largest absolute Gasteiger partial charge is 0.353 e. The van der Waals surface area contributed by atoms with Crippen LogP contribution in [0.15, 0.2) is 68.9 Å². The first-order valence-corrected chi connectivity index (χ1v) is 15.8. The number of rotatable bonds is 4. The Morgan fingerprint density at radius 2 is 0.672 bits per heavy atom. The van der Waals surface area contributed by atoms with Gasteiger partial charge in [-0.2, -0.15) is 0 Å². The van der Waals surface area contributed by atoms with Gasteiger partial charge in [-0.25, -0.2) is 80.8 Å². The number of H-pyrrole nitrogens is 1. The fourth-order valence-corrected chi connectivity index (χ4v) is 6.47.